The first-order chi connectivity index (χ1) is 10.9. The van der Waals surface area contributed by atoms with Gasteiger partial charge in [-0.25, -0.2) is 4.79 Å². The highest BCUT2D eigenvalue weighted by atomic mass is 16.5. The van der Waals surface area contributed by atoms with Gasteiger partial charge >= 0.3 is 5.97 Å². The van der Waals surface area contributed by atoms with Crippen molar-refractivity contribution in [2.24, 2.45) is 0 Å². The third kappa shape index (κ3) is 3.08. The summed E-state index contributed by atoms with van der Waals surface area (Å²) < 4.78 is 5.04. The SMILES string of the molecule is CCNC(=O)[C@H](C)OC(=O)[C@@H](C)N1C(=O)c2ccccc2C1=O. The molecule has 0 radical (unpaired) electrons. The van der Waals surface area contributed by atoms with E-state index in [2.05, 4.69) is 5.32 Å². The molecule has 3 amide bonds. The van der Waals surface area contributed by atoms with Crippen molar-refractivity contribution < 1.29 is 23.9 Å². The van der Waals surface area contributed by atoms with Crippen LogP contribution in [-0.2, 0) is 14.3 Å². The van der Waals surface area contributed by atoms with Gasteiger partial charge in [-0.05, 0) is 32.9 Å². The smallest absolute Gasteiger partial charge is 0.329 e. The fraction of sp³-hybridized carbons (Fsp3) is 0.375. The number of nitrogens with one attached hydrogen (secondary N) is 1. The minimum Gasteiger partial charge on any atom is -0.451 e. The molecule has 0 saturated heterocycles. The Morgan fingerprint density at radius 3 is 2.13 bits per heavy atom. The molecule has 1 aliphatic rings. The number of rotatable bonds is 5. The molecule has 0 aromatic heterocycles. The van der Waals surface area contributed by atoms with Gasteiger partial charge in [-0.15, -0.1) is 0 Å². The van der Waals surface area contributed by atoms with Gasteiger partial charge in [0.1, 0.15) is 6.04 Å². The molecule has 0 unspecified atom stereocenters. The van der Waals surface area contributed by atoms with Gasteiger partial charge in [-0.3, -0.25) is 19.3 Å². The van der Waals surface area contributed by atoms with E-state index in [1.165, 1.54) is 26.0 Å². The minimum atomic E-state index is -1.11. The number of hydrogen-bond donors (Lipinski definition) is 1. The van der Waals surface area contributed by atoms with E-state index < -0.39 is 35.8 Å². The molecule has 0 saturated carbocycles. The lowest BCUT2D eigenvalue weighted by Gasteiger charge is -2.22. The van der Waals surface area contributed by atoms with E-state index in [1.54, 1.807) is 19.1 Å². The molecular formula is C16H18N2O5. The molecule has 23 heavy (non-hydrogen) atoms. The first-order valence-electron chi connectivity index (χ1n) is 7.33. The predicted octanol–water partition coefficient (Wildman–Crippen LogP) is 0.739. The highest BCUT2D eigenvalue weighted by Gasteiger charge is 2.41. The van der Waals surface area contributed by atoms with Crippen LogP contribution < -0.4 is 5.32 Å². The van der Waals surface area contributed by atoms with E-state index in [1.807, 2.05) is 0 Å². The minimum absolute atomic E-state index is 0.258. The maximum absolute atomic E-state index is 12.3. The standard InChI is InChI=1S/C16H18N2O5/c1-4-17-13(19)10(3)23-16(22)9(2)18-14(20)11-7-5-6-8-12(11)15(18)21/h5-10H,4H2,1-3H3,(H,17,19)/t9-,10+/m1/s1. The predicted molar refractivity (Wildman–Crippen MR) is 80.6 cm³/mol. The lowest BCUT2D eigenvalue weighted by atomic mass is 10.1. The second kappa shape index (κ2) is 6.60. The largest absolute Gasteiger partial charge is 0.451 e. The number of fused-ring (bicyclic) bond motifs is 1. The number of carbonyl (C=O) groups excluding carboxylic acids is 4. The third-order valence-corrected chi connectivity index (χ3v) is 3.57. The fourth-order valence-corrected chi connectivity index (χ4v) is 2.31. The topological polar surface area (TPSA) is 92.8 Å². The Morgan fingerprint density at radius 1 is 1.13 bits per heavy atom. The van der Waals surface area contributed by atoms with Gasteiger partial charge < -0.3 is 10.1 Å². The zero-order valence-corrected chi connectivity index (χ0v) is 13.2. The molecule has 0 aliphatic carbocycles. The Labute approximate surface area is 133 Å². The summed E-state index contributed by atoms with van der Waals surface area (Å²) in [5.41, 5.74) is 0.517. The van der Waals surface area contributed by atoms with Gasteiger partial charge in [0.15, 0.2) is 6.10 Å². The van der Waals surface area contributed by atoms with Gasteiger partial charge in [0.05, 0.1) is 11.1 Å². The summed E-state index contributed by atoms with van der Waals surface area (Å²) in [6.07, 6.45) is -1.000. The number of likely N-dealkylation sites (N-methyl/N-ethyl adjacent to an activating group) is 1. The molecular weight excluding hydrogens is 300 g/mol. The van der Waals surface area contributed by atoms with E-state index in [0.29, 0.717) is 6.54 Å². The molecule has 0 spiro atoms. The van der Waals surface area contributed by atoms with Gasteiger partial charge in [-0.1, -0.05) is 12.1 Å². The number of benzene rings is 1. The van der Waals surface area contributed by atoms with Crippen LogP contribution in [0.3, 0.4) is 0 Å². The number of carbonyl (C=O) groups is 4. The number of imide groups is 1. The van der Waals surface area contributed by atoms with Crippen LogP contribution in [0.5, 0.6) is 0 Å². The van der Waals surface area contributed by atoms with Crippen LogP contribution in [0.15, 0.2) is 24.3 Å². The molecule has 122 valence electrons. The summed E-state index contributed by atoms with van der Waals surface area (Å²) >= 11 is 0. The van der Waals surface area contributed by atoms with Crippen molar-refractivity contribution in [1.29, 1.82) is 0 Å². The average Bonchev–Trinajstić information content (AvgIpc) is 2.78. The van der Waals surface area contributed by atoms with Gasteiger partial charge in [0, 0.05) is 6.54 Å². The van der Waals surface area contributed by atoms with Crippen molar-refractivity contribution in [2.75, 3.05) is 6.54 Å². The van der Waals surface area contributed by atoms with Crippen molar-refractivity contribution >= 4 is 23.7 Å². The van der Waals surface area contributed by atoms with Gasteiger partial charge in [-0.2, -0.15) is 0 Å². The summed E-state index contributed by atoms with van der Waals surface area (Å²) in [6, 6.07) is 5.25. The lowest BCUT2D eigenvalue weighted by Crippen LogP contribution is -2.46. The molecule has 0 bridgehead atoms. The first kappa shape index (κ1) is 16.7. The Balaban J connectivity index is 2.11. The van der Waals surface area contributed by atoms with E-state index in [-0.39, 0.29) is 11.1 Å². The van der Waals surface area contributed by atoms with E-state index in [4.69, 9.17) is 4.74 Å². The normalized spacial score (nSPS) is 15.9. The molecule has 7 nitrogen and oxygen atoms in total. The van der Waals surface area contributed by atoms with Crippen molar-refractivity contribution in [1.82, 2.24) is 10.2 Å². The maximum Gasteiger partial charge on any atom is 0.329 e. The first-order valence-corrected chi connectivity index (χ1v) is 7.33. The fourth-order valence-electron chi connectivity index (χ4n) is 2.31. The molecule has 7 heteroatoms. The molecule has 1 aromatic rings. The summed E-state index contributed by atoms with van der Waals surface area (Å²) in [5, 5.41) is 2.53. The summed E-state index contributed by atoms with van der Waals surface area (Å²) in [4.78, 5) is 49.2. The van der Waals surface area contributed by atoms with Gasteiger partial charge in [0.2, 0.25) is 0 Å². The Bertz CT molecular complexity index is 635. The molecule has 2 rings (SSSR count). The number of nitrogens with zero attached hydrogens (tertiary/aromatic N) is 1. The average molecular weight is 318 g/mol. The van der Waals surface area contributed by atoms with Crippen LogP contribution in [0.4, 0.5) is 0 Å². The monoisotopic (exact) mass is 318 g/mol. The summed E-state index contributed by atoms with van der Waals surface area (Å²) in [6.45, 7) is 4.98. The third-order valence-electron chi connectivity index (χ3n) is 3.57. The number of ether oxygens (including phenoxy) is 1. The molecule has 2 atom stereocenters. The van der Waals surface area contributed by atoms with Crippen molar-refractivity contribution in [3.8, 4) is 0 Å². The number of hydrogen-bond acceptors (Lipinski definition) is 5. The van der Waals surface area contributed by atoms with E-state index in [0.717, 1.165) is 4.90 Å². The zero-order valence-electron chi connectivity index (χ0n) is 13.2. The summed E-state index contributed by atoms with van der Waals surface area (Å²) in [7, 11) is 0. The van der Waals surface area contributed by atoms with Crippen molar-refractivity contribution in [2.45, 2.75) is 32.9 Å². The molecule has 1 aromatic carbocycles. The van der Waals surface area contributed by atoms with Gasteiger partial charge in [0.25, 0.3) is 17.7 Å². The molecule has 0 fully saturated rings. The van der Waals surface area contributed by atoms with Crippen LogP contribution in [0, 0.1) is 0 Å². The molecule has 1 N–H and O–H groups in total. The van der Waals surface area contributed by atoms with Crippen LogP contribution >= 0.6 is 0 Å². The van der Waals surface area contributed by atoms with E-state index >= 15 is 0 Å². The molecule has 1 heterocycles. The second-order valence-corrected chi connectivity index (χ2v) is 5.18. The number of amides is 3. The zero-order chi connectivity index (χ0) is 17.1. The molecule has 1 aliphatic heterocycles. The quantitative estimate of drug-likeness (QED) is 0.638. The second-order valence-electron chi connectivity index (χ2n) is 5.18. The van der Waals surface area contributed by atoms with Crippen LogP contribution in [0.1, 0.15) is 41.5 Å². The number of esters is 1. The van der Waals surface area contributed by atoms with E-state index in [9.17, 15) is 19.2 Å². The highest BCUT2D eigenvalue weighted by molar-refractivity contribution is 6.22. The van der Waals surface area contributed by atoms with Crippen molar-refractivity contribution in [3.63, 3.8) is 0 Å². The van der Waals surface area contributed by atoms with Crippen LogP contribution in [0.2, 0.25) is 0 Å². The Hall–Kier alpha value is -2.70. The van der Waals surface area contributed by atoms with Crippen molar-refractivity contribution in [3.05, 3.63) is 35.4 Å². The van der Waals surface area contributed by atoms with Crippen LogP contribution in [0.25, 0.3) is 0 Å². The van der Waals surface area contributed by atoms with Crippen LogP contribution in [-0.4, -0.2) is 47.3 Å². The lowest BCUT2D eigenvalue weighted by molar-refractivity contribution is -0.158. The Kier molecular flexibility index (Phi) is 4.78. The summed E-state index contributed by atoms with van der Waals surface area (Å²) in [5.74, 6) is -2.32. The highest BCUT2D eigenvalue weighted by Crippen LogP contribution is 2.24. The maximum atomic E-state index is 12.3. The Morgan fingerprint density at radius 2 is 1.65 bits per heavy atom.